The van der Waals surface area contributed by atoms with Crippen LogP contribution in [0.2, 0.25) is 5.02 Å². The highest BCUT2D eigenvalue weighted by atomic mass is 35.5. The van der Waals surface area contributed by atoms with Gasteiger partial charge in [-0.1, -0.05) is 23.7 Å². The number of nitrogens with two attached hydrogens (primary N) is 1. The lowest BCUT2D eigenvalue weighted by atomic mass is 10.1. The van der Waals surface area contributed by atoms with Gasteiger partial charge in [0.2, 0.25) is 0 Å². The van der Waals surface area contributed by atoms with Crippen LogP contribution in [-0.2, 0) is 17.7 Å². The summed E-state index contributed by atoms with van der Waals surface area (Å²) in [7, 11) is 1.70. The minimum Gasteiger partial charge on any atom is -0.457 e. The zero-order valence-electron chi connectivity index (χ0n) is 11.4. The molecule has 0 aliphatic rings. The summed E-state index contributed by atoms with van der Waals surface area (Å²) in [5.41, 5.74) is 7.81. The van der Waals surface area contributed by atoms with E-state index in [1.807, 2.05) is 36.4 Å². The van der Waals surface area contributed by atoms with Crippen LogP contribution in [-0.4, -0.2) is 13.7 Å². The van der Waals surface area contributed by atoms with Crippen molar-refractivity contribution in [2.45, 2.75) is 13.0 Å². The number of rotatable bonds is 6. The van der Waals surface area contributed by atoms with Gasteiger partial charge in [-0.15, -0.1) is 0 Å². The van der Waals surface area contributed by atoms with Gasteiger partial charge in [0.1, 0.15) is 11.5 Å². The lowest BCUT2D eigenvalue weighted by molar-refractivity contribution is 0.202. The van der Waals surface area contributed by atoms with E-state index in [1.165, 1.54) is 5.56 Å². The molecule has 0 aliphatic carbocycles. The molecule has 0 unspecified atom stereocenters. The number of ether oxygens (including phenoxy) is 2. The molecule has 0 bridgehead atoms. The summed E-state index contributed by atoms with van der Waals surface area (Å²) < 4.78 is 10.9. The molecule has 2 aromatic rings. The van der Waals surface area contributed by atoms with Gasteiger partial charge in [0.25, 0.3) is 0 Å². The highest BCUT2D eigenvalue weighted by Crippen LogP contribution is 2.27. The topological polar surface area (TPSA) is 44.5 Å². The van der Waals surface area contributed by atoms with E-state index < -0.39 is 0 Å². The second-order valence-electron chi connectivity index (χ2n) is 4.44. The maximum atomic E-state index is 5.94. The van der Waals surface area contributed by atoms with Crippen LogP contribution < -0.4 is 10.5 Å². The van der Waals surface area contributed by atoms with Crippen LogP contribution in [0.25, 0.3) is 0 Å². The first-order valence-corrected chi connectivity index (χ1v) is 6.85. The number of halogens is 1. The summed E-state index contributed by atoms with van der Waals surface area (Å²) >= 11 is 5.94. The van der Waals surface area contributed by atoms with Crippen molar-refractivity contribution in [1.82, 2.24) is 0 Å². The minimum absolute atomic E-state index is 0.391. The monoisotopic (exact) mass is 291 g/mol. The quantitative estimate of drug-likeness (QED) is 0.881. The average Bonchev–Trinajstić information content (AvgIpc) is 2.48. The first-order valence-electron chi connectivity index (χ1n) is 6.47. The third kappa shape index (κ3) is 3.97. The van der Waals surface area contributed by atoms with E-state index in [1.54, 1.807) is 13.2 Å². The summed E-state index contributed by atoms with van der Waals surface area (Å²) in [4.78, 5) is 0. The van der Waals surface area contributed by atoms with Gasteiger partial charge in [0.15, 0.2) is 0 Å². The summed E-state index contributed by atoms with van der Waals surface area (Å²) in [6.07, 6.45) is 0.895. The maximum Gasteiger partial charge on any atom is 0.132 e. The van der Waals surface area contributed by atoms with Crippen LogP contribution in [0.4, 0.5) is 0 Å². The van der Waals surface area contributed by atoms with E-state index >= 15 is 0 Å². The molecule has 20 heavy (non-hydrogen) atoms. The molecule has 0 aromatic heterocycles. The highest BCUT2D eigenvalue weighted by Gasteiger charge is 2.05. The highest BCUT2D eigenvalue weighted by molar-refractivity contribution is 6.30. The molecule has 0 amide bonds. The van der Waals surface area contributed by atoms with E-state index in [0.29, 0.717) is 18.2 Å². The molecule has 0 saturated heterocycles. The average molecular weight is 292 g/mol. The van der Waals surface area contributed by atoms with E-state index in [9.17, 15) is 0 Å². The number of methoxy groups -OCH3 is 1. The molecule has 0 radical (unpaired) electrons. The molecular formula is C16H18ClNO2. The third-order valence-corrected chi connectivity index (χ3v) is 3.22. The Morgan fingerprint density at radius 3 is 2.50 bits per heavy atom. The zero-order chi connectivity index (χ0) is 14.4. The molecular weight excluding hydrogens is 274 g/mol. The van der Waals surface area contributed by atoms with Crippen molar-refractivity contribution < 1.29 is 9.47 Å². The van der Waals surface area contributed by atoms with Crippen LogP contribution in [0.5, 0.6) is 11.5 Å². The van der Waals surface area contributed by atoms with E-state index in [-0.39, 0.29) is 0 Å². The van der Waals surface area contributed by atoms with Gasteiger partial charge in [-0.05, 0) is 42.3 Å². The van der Waals surface area contributed by atoms with Crippen LogP contribution in [0.3, 0.4) is 0 Å². The SMILES string of the molecule is COCCc1ccc(Oc2ccc(Cl)cc2CN)cc1. The largest absolute Gasteiger partial charge is 0.457 e. The summed E-state index contributed by atoms with van der Waals surface area (Å²) in [6.45, 7) is 1.11. The lowest BCUT2D eigenvalue weighted by Crippen LogP contribution is -1.99. The molecule has 2 N–H and O–H groups in total. The standard InChI is InChI=1S/C16H18ClNO2/c1-19-9-8-12-2-5-15(6-3-12)20-16-7-4-14(17)10-13(16)11-18/h2-7,10H,8-9,11,18H2,1H3. The number of benzene rings is 2. The lowest BCUT2D eigenvalue weighted by Gasteiger charge is -2.11. The summed E-state index contributed by atoms with van der Waals surface area (Å²) in [6, 6.07) is 13.4. The second kappa shape index (κ2) is 7.29. The summed E-state index contributed by atoms with van der Waals surface area (Å²) in [5, 5.41) is 0.660. The Bertz CT molecular complexity index is 555. The third-order valence-electron chi connectivity index (χ3n) is 2.99. The molecule has 3 nitrogen and oxygen atoms in total. The van der Waals surface area contributed by atoms with Gasteiger partial charge in [-0.25, -0.2) is 0 Å². The van der Waals surface area contributed by atoms with Crippen molar-refractivity contribution in [1.29, 1.82) is 0 Å². The Morgan fingerprint density at radius 1 is 1.10 bits per heavy atom. The predicted octanol–water partition coefficient (Wildman–Crippen LogP) is 3.78. The van der Waals surface area contributed by atoms with Gasteiger partial charge in [0.05, 0.1) is 6.61 Å². The van der Waals surface area contributed by atoms with Gasteiger partial charge in [-0.2, -0.15) is 0 Å². The molecule has 0 saturated carbocycles. The van der Waals surface area contributed by atoms with Crippen molar-refractivity contribution >= 4 is 11.6 Å². The van der Waals surface area contributed by atoms with Gasteiger partial charge in [-0.3, -0.25) is 0 Å². The Morgan fingerprint density at radius 2 is 1.85 bits per heavy atom. The van der Waals surface area contributed by atoms with Crippen LogP contribution in [0, 0.1) is 0 Å². The predicted molar refractivity (Wildman–Crippen MR) is 81.4 cm³/mol. The first-order chi connectivity index (χ1) is 9.72. The molecule has 2 aromatic carbocycles. The molecule has 0 heterocycles. The Kier molecular flexibility index (Phi) is 5.41. The fourth-order valence-electron chi connectivity index (χ4n) is 1.88. The van der Waals surface area contributed by atoms with Crippen molar-refractivity contribution in [3.8, 4) is 11.5 Å². The zero-order valence-corrected chi connectivity index (χ0v) is 12.2. The fourth-order valence-corrected chi connectivity index (χ4v) is 2.07. The van der Waals surface area contributed by atoms with E-state index in [2.05, 4.69) is 0 Å². The molecule has 0 atom stereocenters. The van der Waals surface area contributed by atoms with E-state index in [4.69, 9.17) is 26.8 Å². The number of hydrogen-bond acceptors (Lipinski definition) is 3. The van der Waals surface area contributed by atoms with Crippen molar-refractivity contribution in [3.63, 3.8) is 0 Å². The van der Waals surface area contributed by atoms with Crippen molar-refractivity contribution in [3.05, 3.63) is 58.6 Å². The molecule has 0 spiro atoms. The van der Waals surface area contributed by atoms with Gasteiger partial charge in [0, 0.05) is 24.2 Å². The minimum atomic E-state index is 0.391. The number of hydrogen-bond donors (Lipinski definition) is 1. The smallest absolute Gasteiger partial charge is 0.132 e. The maximum absolute atomic E-state index is 5.94. The molecule has 4 heteroatoms. The van der Waals surface area contributed by atoms with Crippen molar-refractivity contribution in [2.24, 2.45) is 5.73 Å². The van der Waals surface area contributed by atoms with Crippen LogP contribution in [0.1, 0.15) is 11.1 Å². The molecule has 106 valence electrons. The van der Waals surface area contributed by atoms with Gasteiger partial charge >= 0.3 is 0 Å². The second-order valence-corrected chi connectivity index (χ2v) is 4.88. The normalized spacial score (nSPS) is 10.6. The fraction of sp³-hybridized carbons (Fsp3) is 0.250. The van der Waals surface area contributed by atoms with Crippen molar-refractivity contribution in [2.75, 3.05) is 13.7 Å². The van der Waals surface area contributed by atoms with Crippen LogP contribution in [0.15, 0.2) is 42.5 Å². The molecule has 2 rings (SSSR count). The van der Waals surface area contributed by atoms with Crippen LogP contribution >= 0.6 is 11.6 Å². The van der Waals surface area contributed by atoms with E-state index in [0.717, 1.165) is 23.5 Å². The summed E-state index contributed by atoms with van der Waals surface area (Å²) in [5.74, 6) is 1.52. The first kappa shape index (κ1) is 14.9. The Labute approximate surface area is 124 Å². The Hall–Kier alpha value is -1.55. The molecule has 0 fully saturated rings. The Balaban J connectivity index is 2.10. The molecule has 0 aliphatic heterocycles. The van der Waals surface area contributed by atoms with Gasteiger partial charge < -0.3 is 15.2 Å².